The minimum Gasteiger partial charge on any atom is -0.508 e. The zero-order valence-electron chi connectivity index (χ0n) is 40.7. The first-order chi connectivity index (χ1) is 32.8. The van der Waals surface area contributed by atoms with Crippen LogP contribution in [0, 0.1) is 17.3 Å². The number of hydrogen-bond acceptors (Lipinski definition) is 12. The fourth-order valence-corrected chi connectivity index (χ4v) is 12.3. The Kier molecular flexibility index (Phi) is 14.6. The van der Waals surface area contributed by atoms with Crippen LogP contribution in [0.25, 0.3) is 33.3 Å². The Morgan fingerprint density at radius 3 is 2.54 bits per heavy atom. The third-order valence-corrected chi connectivity index (χ3v) is 15.9. The number of nitrogens with one attached hydrogen (secondary N) is 2. The molecule has 372 valence electrons. The van der Waals surface area contributed by atoms with E-state index >= 15 is 0 Å². The summed E-state index contributed by atoms with van der Waals surface area (Å²) >= 11 is 0. The van der Waals surface area contributed by atoms with E-state index in [0.717, 1.165) is 38.9 Å². The van der Waals surface area contributed by atoms with Gasteiger partial charge in [-0.1, -0.05) is 39.8 Å². The van der Waals surface area contributed by atoms with Crippen molar-refractivity contribution in [3.05, 3.63) is 71.5 Å². The number of aromatic nitrogens is 2. The van der Waals surface area contributed by atoms with E-state index in [4.69, 9.17) is 15.2 Å². The fourth-order valence-electron chi connectivity index (χ4n) is 10.5. The zero-order valence-corrected chi connectivity index (χ0v) is 41.6. The van der Waals surface area contributed by atoms with Gasteiger partial charge < -0.3 is 35.1 Å². The van der Waals surface area contributed by atoms with E-state index in [1.165, 1.54) is 25.6 Å². The lowest BCUT2D eigenvalue weighted by molar-refractivity contribution is -0.155. The summed E-state index contributed by atoms with van der Waals surface area (Å²) < 4.78 is 43.1. The standard InChI is InChI=1S/C50H67N9O9S/c1-8-58-43-12-11-32-22-38(43)39(45(58)40-24-52-15-13-34(40)28-67-7)23-50(4,5)29-68-49(64)41-10-9-16-59(54-41)48(63)42(20-31-18-35(32)21-37(60)19-31)53-46(61)44(30(2)3)55(6)47(62)33-14-17-56(25-33)69(65,66)57-26-36(51)27-57/h11-13,15,18-19,21-22,24,30,33,36,41-42,44,54,60H,8-10,14,16-17,20,23,25-29,51H2,1-7H3,(H,53,61)/t33-,41-,42-,44?/m0/s1. The highest BCUT2D eigenvalue weighted by Crippen LogP contribution is 2.41. The second-order valence-corrected chi connectivity index (χ2v) is 22.2. The first-order valence-electron chi connectivity index (χ1n) is 24.0. The number of aromatic hydroxyl groups is 1. The van der Waals surface area contributed by atoms with Gasteiger partial charge in [0.25, 0.3) is 16.1 Å². The van der Waals surface area contributed by atoms with Crippen LogP contribution < -0.4 is 16.5 Å². The molecule has 2 aromatic heterocycles. The molecule has 0 saturated carbocycles. The van der Waals surface area contributed by atoms with Crippen molar-refractivity contribution in [2.45, 2.75) is 104 Å². The van der Waals surface area contributed by atoms with E-state index in [1.807, 2.05) is 24.4 Å². The van der Waals surface area contributed by atoms with Gasteiger partial charge in [0, 0.05) is 100 Å². The number of amides is 3. The number of nitrogens with zero attached hydrogens (tertiary/aromatic N) is 6. The molecule has 1 unspecified atom stereocenters. The van der Waals surface area contributed by atoms with Crippen LogP contribution in [0.1, 0.15) is 70.6 Å². The Morgan fingerprint density at radius 2 is 1.83 bits per heavy atom. The van der Waals surface area contributed by atoms with E-state index < -0.39 is 63.4 Å². The Balaban J connectivity index is 1.15. The summed E-state index contributed by atoms with van der Waals surface area (Å²) in [5.74, 6) is -3.08. The minimum absolute atomic E-state index is 0.0218. The number of aryl methyl sites for hydroxylation is 1. The molecule has 2 aromatic carbocycles. The second-order valence-electron chi connectivity index (χ2n) is 20.3. The number of phenolic OH excluding ortho intramolecular Hbond substituents is 1. The lowest BCUT2D eigenvalue weighted by Crippen LogP contribution is -2.62. The molecule has 4 atom stereocenters. The first kappa shape index (κ1) is 50.0. The predicted molar refractivity (Wildman–Crippen MR) is 260 cm³/mol. The molecule has 0 radical (unpaired) electrons. The Bertz CT molecular complexity index is 2720. The quantitative estimate of drug-likeness (QED) is 0.159. The minimum atomic E-state index is -3.78. The van der Waals surface area contributed by atoms with Gasteiger partial charge in [-0.05, 0) is 96.7 Å². The Labute approximate surface area is 404 Å². The SMILES string of the molecule is CCn1c(-c2cnccc2COC)c2c3cc(ccc31)-c1cc(O)cc(c1)C[C@H](NC(=O)C(C(C)C)N(C)C(=O)[C@H]1CCN(S(=O)(=O)N3CC(N)C3)C1)C(=O)N1CCC[C@H](N1)C(=O)OCC(C)(C)C2. The largest absolute Gasteiger partial charge is 0.508 e. The number of carbonyl (C=O) groups excluding carboxylic acids is 4. The van der Waals surface area contributed by atoms with Gasteiger partial charge >= 0.3 is 5.97 Å². The number of methoxy groups -OCH3 is 1. The number of phenols is 1. The van der Waals surface area contributed by atoms with Crippen LogP contribution >= 0.6 is 0 Å². The normalized spacial score (nSPS) is 22.3. The molecule has 18 nitrogen and oxygen atoms in total. The van der Waals surface area contributed by atoms with E-state index in [9.17, 15) is 32.7 Å². The summed E-state index contributed by atoms with van der Waals surface area (Å²) in [7, 11) is -0.580. The summed E-state index contributed by atoms with van der Waals surface area (Å²) in [6.07, 6.45) is 5.31. The number of benzene rings is 2. The molecule has 0 spiro atoms. The third-order valence-electron chi connectivity index (χ3n) is 14.0. The average molecular weight is 970 g/mol. The first-order valence-corrected chi connectivity index (χ1v) is 25.4. The van der Waals surface area contributed by atoms with Crippen molar-refractivity contribution in [2.75, 3.05) is 53.5 Å². The smallest absolute Gasteiger partial charge is 0.324 e. The number of hydrogen-bond donors (Lipinski definition) is 4. The van der Waals surface area contributed by atoms with Gasteiger partial charge in [0.2, 0.25) is 11.8 Å². The van der Waals surface area contributed by atoms with Crippen LogP contribution in [0.2, 0.25) is 0 Å². The van der Waals surface area contributed by atoms with Gasteiger partial charge in [-0.3, -0.25) is 29.2 Å². The molecule has 4 aromatic rings. The van der Waals surface area contributed by atoms with Crippen LogP contribution in [-0.4, -0.2) is 143 Å². The molecule has 19 heteroatoms. The van der Waals surface area contributed by atoms with Gasteiger partial charge in [0.15, 0.2) is 0 Å². The number of fused-ring (bicyclic) bond motifs is 6. The molecule has 0 aliphatic carbocycles. The van der Waals surface area contributed by atoms with Crippen LogP contribution in [0.3, 0.4) is 0 Å². The van der Waals surface area contributed by atoms with Gasteiger partial charge in [-0.2, -0.15) is 17.0 Å². The summed E-state index contributed by atoms with van der Waals surface area (Å²) in [4.78, 5) is 63.3. The van der Waals surface area contributed by atoms with E-state index in [2.05, 4.69) is 53.2 Å². The maximum absolute atomic E-state index is 14.8. The van der Waals surface area contributed by atoms with Crippen LogP contribution in [0.15, 0.2) is 54.9 Å². The number of esters is 1. The molecule has 6 bridgehead atoms. The van der Waals surface area contributed by atoms with Gasteiger partial charge in [-0.25, -0.2) is 5.43 Å². The number of ether oxygens (including phenoxy) is 2. The predicted octanol–water partition coefficient (Wildman–Crippen LogP) is 3.58. The molecule has 3 saturated heterocycles. The maximum Gasteiger partial charge on any atom is 0.324 e. The monoisotopic (exact) mass is 969 g/mol. The van der Waals surface area contributed by atoms with Crippen LogP contribution in [0.4, 0.5) is 0 Å². The number of rotatable bonds is 11. The topological polar surface area (TPSA) is 222 Å². The summed E-state index contributed by atoms with van der Waals surface area (Å²) in [6.45, 7) is 11.8. The highest BCUT2D eigenvalue weighted by Gasteiger charge is 2.45. The van der Waals surface area contributed by atoms with Crippen molar-refractivity contribution in [3.63, 3.8) is 0 Å². The van der Waals surface area contributed by atoms with Gasteiger partial charge in [0.05, 0.1) is 24.8 Å². The van der Waals surface area contributed by atoms with E-state index in [0.29, 0.717) is 43.5 Å². The molecule has 4 aliphatic rings. The molecule has 6 heterocycles. The number of nitrogens with two attached hydrogens (primary N) is 1. The molecule has 8 rings (SSSR count). The van der Waals surface area contributed by atoms with Gasteiger partial charge in [-0.15, -0.1) is 0 Å². The molecular weight excluding hydrogens is 903 g/mol. The number of carbonyl (C=O) groups is 4. The van der Waals surface area contributed by atoms with Crippen molar-refractivity contribution in [2.24, 2.45) is 23.0 Å². The van der Waals surface area contributed by atoms with Crippen LogP contribution in [-0.2, 0) is 64.9 Å². The van der Waals surface area contributed by atoms with Crippen LogP contribution in [0.5, 0.6) is 5.75 Å². The number of pyridine rings is 1. The molecule has 5 N–H and O–H groups in total. The van der Waals surface area contributed by atoms with Crippen molar-refractivity contribution in [1.82, 2.24) is 38.8 Å². The van der Waals surface area contributed by atoms with E-state index in [1.54, 1.807) is 39.3 Å². The average Bonchev–Trinajstić information content (AvgIpc) is 3.92. The number of cyclic esters (lactones) is 1. The highest BCUT2D eigenvalue weighted by molar-refractivity contribution is 7.86. The fraction of sp³-hybridized carbons (Fsp3) is 0.540. The Hall–Kier alpha value is -5.44. The summed E-state index contributed by atoms with van der Waals surface area (Å²) in [5, 5.41) is 16.7. The molecule has 3 amide bonds. The number of hydrazine groups is 1. The van der Waals surface area contributed by atoms with Crippen molar-refractivity contribution < 1.29 is 42.2 Å². The van der Waals surface area contributed by atoms with E-state index in [-0.39, 0.29) is 69.9 Å². The third kappa shape index (κ3) is 10.3. The van der Waals surface area contributed by atoms with Crippen molar-refractivity contribution >= 4 is 44.8 Å². The molecule has 4 aliphatic heterocycles. The Morgan fingerprint density at radius 1 is 1.06 bits per heavy atom. The second kappa shape index (κ2) is 20.1. The molecule has 3 fully saturated rings. The van der Waals surface area contributed by atoms with Gasteiger partial charge in [0.1, 0.15) is 23.9 Å². The number of likely N-dealkylation sites (N-methyl/N-ethyl adjacent to an activating group) is 1. The molecular formula is C50H67N9O9S. The van der Waals surface area contributed by atoms with Crippen molar-refractivity contribution in [3.8, 4) is 28.1 Å². The lowest BCUT2D eigenvalue weighted by Gasteiger charge is -2.38. The maximum atomic E-state index is 14.8. The zero-order chi connectivity index (χ0) is 49.5. The highest BCUT2D eigenvalue weighted by atomic mass is 32.2. The van der Waals surface area contributed by atoms with Crippen molar-refractivity contribution in [1.29, 1.82) is 0 Å². The summed E-state index contributed by atoms with van der Waals surface area (Å²) in [5.41, 5.74) is 15.4. The summed E-state index contributed by atoms with van der Waals surface area (Å²) in [6, 6.07) is 10.0. The lowest BCUT2D eigenvalue weighted by atomic mass is 9.84. The molecule has 69 heavy (non-hydrogen) atoms.